The van der Waals surface area contributed by atoms with Gasteiger partial charge >= 0.3 is 5.97 Å². The predicted molar refractivity (Wildman–Crippen MR) is 114 cm³/mol. The van der Waals surface area contributed by atoms with Crippen LogP contribution in [0.4, 0.5) is 0 Å². The van der Waals surface area contributed by atoms with E-state index in [-0.39, 0.29) is 17.0 Å². The van der Waals surface area contributed by atoms with Gasteiger partial charge in [0.2, 0.25) is 11.8 Å². The van der Waals surface area contributed by atoms with E-state index in [1.165, 1.54) is 29.5 Å². The molecule has 0 saturated carbocycles. The number of hydrogen-bond donors (Lipinski definition) is 1. The normalized spacial score (nSPS) is 15.1. The Morgan fingerprint density at radius 2 is 1.87 bits per heavy atom. The van der Waals surface area contributed by atoms with Gasteiger partial charge in [-0.25, -0.2) is 14.8 Å². The Morgan fingerprint density at radius 3 is 2.47 bits per heavy atom. The summed E-state index contributed by atoms with van der Waals surface area (Å²) >= 11 is 0. The number of hydrogen-bond acceptors (Lipinski definition) is 5. The van der Waals surface area contributed by atoms with Crippen molar-refractivity contribution in [3.05, 3.63) is 58.8 Å². The number of hydrazone groups is 1. The van der Waals surface area contributed by atoms with Crippen molar-refractivity contribution >= 4 is 17.6 Å². The van der Waals surface area contributed by atoms with Crippen LogP contribution >= 0.6 is 0 Å². The number of carboxylic acids is 1. The van der Waals surface area contributed by atoms with Gasteiger partial charge in [0.05, 0.1) is 23.4 Å². The highest BCUT2D eigenvalue weighted by Crippen LogP contribution is 2.30. The average molecular weight is 409 g/mol. The fourth-order valence-electron chi connectivity index (χ4n) is 3.57. The van der Waals surface area contributed by atoms with Crippen molar-refractivity contribution in [3.8, 4) is 5.88 Å². The number of aromatic carboxylic acids is 1. The van der Waals surface area contributed by atoms with Crippen molar-refractivity contribution in [2.24, 2.45) is 5.10 Å². The second-order valence-electron chi connectivity index (χ2n) is 8.26. The lowest BCUT2D eigenvalue weighted by molar-refractivity contribution is -0.135. The molecule has 158 valence electrons. The fraction of sp³-hybridized carbons (Fsp3) is 0.391. The van der Waals surface area contributed by atoms with Crippen LogP contribution in [0.1, 0.15) is 60.2 Å². The summed E-state index contributed by atoms with van der Waals surface area (Å²) < 4.78 is 5.51. The molecule has 7 nitrogen and oxygen atoms in total. The Hall–Kier alpha value is -3.22. The molecule has 0 radical (unpaired) electrons. The molecule has 0 bridgehead atoms. The summed E-state index contributed by atoms with van der Waals surface area (Å²) in [6.45, 7) is 8.48. The minimum Gasteiger partial charge on any atom is -0.478 e. The second kappa shape index (κ2) is 8.65. The molecule has 2 aromatic rings. The van der Waals surface area contributed by atoms with Gasteiger partial charge in [-0.05, 0) is 45.7 Å². The molecule has 7 heteroatoms. The van der Waals surface area contributed by atoms with E-state index in [2.05, 4.69) is 42.1 Å². The summed E-state index contributed by atoms with van der Waals surface area (Å²) in [5, 5.41) is 15.1. The molecule has 30 heavy (non-hydrogen) atoms. The Labute approximate surface area is 176 Å². The Morgan fingerprint density at radius 1 is 1.17 bits per heavy atom. The molecule has 1 amide bonds. The number of amides is 1. The van der Waals surface area contributed by atoms with Crippen molar-refractivity contribution in [3.63, 3.8) is 0 Å². The van der Waals surface area contributed by atoms with Crippen molar-refractivity contribution in [1.82, 2.24) is 9.99 Å². The smallest absolute Gasteiger partial charge is 0.337 e. The third-order valence-corrected chi connectivity index (χ3v) is 4.95. The van der Waals surface area contributed by atoms with Crippen molar-refractivity contribution < 1.29 is 19.4 Å². The molecule has 0 saturated heterocycles. The van der Waals surface area contributed by atoms with Crippen LogP contribution in [0.5, 0.6) is 5.88 Å². The summed E-state index contributed by atoms with van der Waals surface area (Å²) in [5.74, 6) is -0.741. The molecule has 1 N–H and O–H groups in total. The Bertz CT molecular complexity index is 960. The van der Waals surface area contributed by atoms with E-state index in [1.807, 2.05) is 13.8 Å². The molecule has 0 atom stereocenters. The summed E-state index contributed by atoms with van der Waals surface area (Å²) in [5.41, 5.74) is 4.08. The third-order valence-electron chi connectivity index (χ3n) is 4.95. The maximum Gasteiger partial charge on any atom is 0.337 e. The van der Waals surface area contributed by atoms with Gasteiger partial charge in [-0.1, -0.05) is 29.3 Å². The van der Waals surface area contributed by atoms with Crippen LogP contribution in [0.25, 0.3) is 0 Å². The number of benzene rings is 1. The lowest BCUT2D eigenvalue weighted by Crippen LogP contribution is -2.40. The number of aryl methyl sites for hydroxylation is 2. The lowest BCUT2D eigenvalue weighted by Gasteiger charge is -2.28. The van der Waals surface area contributed by atoms with E-state index in [1.54, 1.807) is 5.01 Å². The van der Waals surface area contributed by atoms with Gasteiger partial charge in [0, 0.05) is 25.1 Å². The number of pyridine rings is 1. The predicted octanol–water partition coefficient (Wildman–Crippen LogP) is 3.97. The Balaban J connectivity index is 1.57. The highest BCUT2D eigenvalue weighted by atomic mass is 16.5. The summed E-state index contributed by atoms with van der Waals surface area (Å²) in [7, 11) is 0. The SMILES string of the molecule is Cc1cc(C)cc(C2=NN(C(=O)CCCOc3ccc(C(=O)O)cn3)C(C)(C)C2)c1. The van der Waals surface area contributed by atoms with Crippen molar-refractivity contribution in [2.75, 3.05) is 6.61 Å². The summed E-state index contributed by atoms with van der Waals surface area (Å²) in [6, 6.07) is 9.27. The van der Waals surface area contributed by atoms with E-state index in [9.17, 15) is 9.59 Å². The van der Waals surface area contributed by atoms with Crippen LogP contribution in [-0.2, 0) is 4.79 Å². The van der Waals surface area contributed by atoms with Gasteiger partial charge in [0.15, 0.2) is 0 Å². The number of aromatic nitrogens is 1. The van der Waals surface area contributed by atoms with Crippen molar-refractivity contribution in [2.45, 2.75) is 52.5 Å². The molecule has 0 aliphatic carbocycles. The second-order valence-corrected chi connectivity index (χ2v) is 8.26. The molecule has 0 spiro atoms. The first-order valence-electron chi connectivity index (χ1n) is 9.97. The molecule has 0 unspecified atom stereocenters. The molecule has 1 aromatic carbocycles. The number of ether oxygens (including phenoxy) is 1. The maximum absolute atomic E-state index is 12.8. The van der Waals surface area contributed by atoms with Crippen LogP contribution in [-0.4, -0.2) is 44.8 Å². The molecule has 3 rings (SSSR count). The first kappa shape index (κ1) is 21.5. The van der Waals surface area contributed by atoms with Gasteiger partial charge < -0.3 is 9.84 Å². The molecular weight excluding hydrogens is 382 g/mol. The highest BCUT2D eigenvalue weighted by molar-refractivity contribution is 6.03. The van der Waals surface area contributed by atoms with Gasteiger partial charge in [-0.2, -0.15) is 5.10 Å². The lowest BCUT2D eigenvalue weighted by atomic mass is 9.93. The zero-order chi connectivity index (χ0) is 21.9. The molecule has 1 aliphatic rings. The zero-order valence-electron chi connectivity index (χ0n) is 17.8. The van der Waals surface area contributed by atoms with E-state index < -0.39 is 5.97 Å². The largest absolute Gasteiger partial charge is 0.478 e. The fourth-order valence-corrected chi connectivity index (χ4v) is 3.57. The monoisotopic (exact) mass is 409 g/mol. The number of nitrogens with zero attached hydrogens (tertiary/aromatic N) is 3. The minimum atomic E-state index is -1.03. The quantitative estimate of drug-likeness (QED) is 0.699. The van der Waals surface area contributed by atoms with E-state index in [0.717, 1.165) is 11.3 Å². The standard InChI is InChI=1S/C23H27N3O4/c1-15-10-16(2)12-18(11-15)19-13-23(3,4)26(25-19)21(27)6-5-9-30-20-8-7-17(14-24-20)22(28)29/h7-8,10-12,14H,5-6,9,13H2,1-4H3,(H,28,29). The zero-order valence-corrected chi connectivity index (χ0v) is 17.8. The van der Waals surface area contributed by atoms with Gasteiger partial charge in [-0.15, -0.1) is 0 Å². The van der Waals surface area contributed by atoms with Gasteiger partial charge in [0.1, 0.15) is 0 Å². The van der Waals surface area contributed by atoms with Crippen LogP contribution in [0.15, 0.2) is 41.6 Å². The molecule has 1 aliphatic heterocycles. The van der Waals surface area contributed by atoms with Crippen LogP contribution < -0.4 is 4.74 Å². The van der Waals surface area contributed by atoms with Crippen LogP contribution in [0.3, 0.4) is 0 Å². The average Bonchev–Trinajstić information content (AvgIpc) is 3.00. The van der Waals surface area contributed by atoms with Crippen molar-refractivity contribution in [1.29, 1.82) is 0 Å². The highest BCUT2D eigenvalue weighted by Gasteiger charge is 2.38. The number of carbonyl (C=O) groups excluding carboxylic acids is 1. The molecular formula is C23H27N3O4. The van der Waals surface area contributed by atoms with E-state index in [0.29, 0.717) is 31.7 Å². The summed E-state index contributed by atoms with van der Waals surface area (Å²) in [4.78, 5) is 27.6. The topological polar surface area (TPSA) is 92.1 Å². The third kappa shape index (κ3) is 5.03. The first-order valence-corrected chi connectivity index (χ1v) is 9.97. The van der Waals surface area contributed by atoms with Gasteiger partial charge in [0.25, 0.3) is 0 Å². The number of rotatable bonds is 7. The van der Waals surface area contributed by atoms with Crippen LogP contribution in [0, 0.1) is 13.8 Å². The molecule has 2 heterocycles. The van der Waals surface area contributed by atoms with E-state index in [4.69, 9.17) is 9.84 Å². The number of carboxylic acid groups (broad SMARTS) is 1. The first-order chi connectivity index (χ1) is 14.2. The summed E-state index contributed by atoms with van der Waals surface area (Å²) in [6.07, 6.45) is 2.78. The minimum absolute atomic E-state index is 0.0443. The number of carbonyl (C=O) groups is 2. The molecule has 0 fully saturated rings. The maximum atomic E-state index is 12.8. The Kier molecular flexibility index (Phi) is 6.20. The molecule has 1 aromatic heterocycles. The van der Waals surface area contributed by atoms with E-state index >= 15 is 0 Å². The van der Waals surface area contributed by atoms with Gasteiger partial charge in [-0.3, -0.25) is 4.79 Å². The van der Waals surface area contributed by atoms with Crippen LogP contribution in [0.2, 0.25) is 0 Å².